The average molecular weight is 372 g/mol. The van der Waals surface area contributed by atoms with Crippen molar-refractivity contribution in [1.82, 2.24) is 0 Å². The number of rotatable bonds is 5. The van der Waals surface area contributed by atoms with Crippen molar-refractivity contribution in [3.05, 3.63) is 47.5 Å². The molecule has 6 heteroatoms. The molecular formula is C21H24O6. The van der Waals surface area contributed by atoms with Gasteiger partial charge in [-0.15, -0.1) is 0 Å². The Morgan fingerprint density at radius 2 is 1.96 bits per heavy atom. The molecule has 2 heterocycles. The Kier molecular flexibility index (Phi) is 5.20. The number of hydrogen-bond donors (Lipinski definition) is 0. The Bertz CT molecular complexity index is 783. The minimum atomic E-state index is -1.84. The SMILES string of the molecule is C/C=C1/C[C@]2(C)C[C@H](C(=O)OCc3ccccc3)C(=O)[C@@]1(C(=O)OCC)O2. The van der Waals surface area contributed by atoms with Gasteiger partial charge in [0.1, 0.15) is 12.5 Å². The predicted octanol–water partition coefficient (Wildman–Crippen LogP) is 2.75. The number of carbonyl (C=O) groups excluding carboxylic acids is 3. The normalized spacial score (nSPS) is 31.0. The van der Waals surface area contributed by atoms with Crippen LogP contribution in [0.25, 0.3) is 0 Å². The van der Waals surface area contributed by atoms with E-state index in [0.29, 0.717) is 12.0 Å². The predicted molar refractivity (Wildman–Crippen MR) is 96.6 cm³/mol. The van der Waals surface area contributed by atoms with E-state index in [1.807, 2.05) is 30.3 Å². The van der Waals surface area contributed by atoms with E-state index in [1.165, 1.54) is 0 Å². The maximum Gasteiger partial charge on any atom is 0.350 e. The number of Topliss-reactive ketones (excluding diaryl/α,β-unsaturated/α-hetero) is 1. The van der Waals surface area contributed by atoms with Gasteiger partial charge in [0.15, 0.2) is 5.78 Å². The largest absolute Gasteiger partial charge is 0.463 e. The van der Waals surface area contributed by atoms with Crippen LogP contribution in [0.1, 0.15) is 39.2 Å². The van der Waals surface area contributed by atoms with Crippen molar-refractivity contribution in [2.24, 2.45) is 5.92 Å². The Morgan fingerprint density at radius 3 is 2.59 bits per heavy atom. The highest BCUT2D eigenvalue weighted by atomic mass is 16.6. The zero-order valence-electron chi connectivity index (χ0n) is 15.8. The van der Waals surface area contributed by atoms with Gasteiger partial charge in [0.2, 0.25) is 5.60 Å². The highest BCUT2D eigenvalue weighted by Crippen LogP contribution is 2.52. The molecule has 1 aromatic rings. The van der Waals surface area contributed by atoms with Crippen LogP contribution in [0.4, 0.5) is 0 Å². The van der Waals surface area contributed by atoms with Crippen LogP contribution in [0.15, 0.2) is 42.0 Å². The van der Waals surface area contributed by atoms with Gasteiger partial charge < -0.3 is 14.2 Å². The van der Waals surface area contributed by atoms with Crippen molar-refractivity contribution >= 4 is 17.7 Å². The third-order valence-corrected chi connectivity index (χ3v) is 5.14. The first-order chi connectivity index (χ1) is 12.9. The first-order valence-electron chi connectivity index (χ1n) is 9.14. The molecule has 6 nitrogen and oxygen atoms in total. The van der Waals surface area contributed by atoms with E-state index < -0.39 is 34.8 Å². The van der Waals surface area contributed by atoms with Gasteiger partial charge in [0.25, 0.3) is 0 Å². The van der Waals surface area contributed by atoms with Crippen LogP contribution in [0.2, 0.25) is 0 Å². The van der Waals surface area contributed by atoms with E-state index in [1.54, 1.807) is 26.8 Å². The van der Waals surface area contributed by atoms with E-state index >= 15 is 0 Å². The van der Waals surface area contributed by atoms with Crippen LogP contribution in [-0.4, -0.2) is 35.5 Å². The van der Waals surface area contributed by atoms with E-state index in [4.69, 9.17) is 14.2 Å². The quantitative estimate of drug-likeness (QED) is 0.449. The molecule has 3 rings (SSSR count). The molecule has 2 aliphatic rings. The maximum absolute atomic E-state index is 13.2. The van der Waals surface area contributed by atoms with Crippen molar-refractivity contribution in [1.29, 1.82) is 0 Å². The minimum absolute atomic E-state index is 0.0733. The molecule has 2 aliphatic heterocycles. The fourth-order valence-corrected chi connectivity index (χ4v) is 3.92. The Labute approximate surface area is 158 Å². The molecule has 0 saturated carbocycles. The second-order valence-electron chi connectivity index (χ2n) is 7.16. The average Bonchev–Trinajstić information content (AvgIpc) is 2.94. The summed E-state index contributed by atoms with van der Waals surface area (Å²) in [6.07, 6.45) is 2.28. The second kappa shape index (κ2) is 7.27. The van der Waals surface area contributed by atoms with Gasteiger partial charge in [-0.05, 0) is 38.3 Å². The van der Waals surface area contributed by atoms with E-state index in [2.05, 4.69) is 0 Å². The molecule has 2 bridgehead atoms. The third-order valence-electron chi connectivity index (χ3n) is 5.14. The zero-order valence-corrected chi connectivity index (χ0v) is 15.8. The number of carbonyl (C=O) groups is 3. The lowest BCUT2D eigenvalue weighted by molar-refractivity contribution is -0.195. The van der Waals surface area contributed by atoms with E-state index in [9.17, 15) is 14.4 Å². The molecule has 0 radical (unpaired) electrons. The summed E-state index contributed by atoms with van der Waals surface area (Å²) < 4.78 is 16.4. The summed E-state index contributed by atoms with van der Waals surface area (Å²) in [6, 6.07) is 9.23. The van der Waals surface area contributed by atoms with Gasteiger partial charge >= 0.3 is 11.9 Å². The first-order valence-corrected chi connectivity index (χ1v) is 9.14. The molecule has 0 unspecified atom stereocenters. The summed E-state index contributed by atoms with van der Waals surface area (Å²) in [5.74, 6) is -3.05. The number of ketones is 1. The van der Waals surface area contributed by atoms with Gasteiger partial charge in [0.05, 0.1) is 12.2 Å². The topological polar surface area (TPSA) is 78.9 Å². The molecule has 0 aromatic heterocycles. The van der Waals surface area contributed by atoms with Gasteiger partial charge in [-0.25, -0.2) is 4.79 Å². The Hall–Kier alpha value is -2.47. The van der Waals surface area contributed by atoms with Gasteiger partial charge in [0, 0.05) is 6.42 Å². The summed E-state index contributed by atoms with van der Waals surface area (Å²) in [5.41, 5.74) is -1.26. The van der Waals surface area contributed by atoms with E-state index in [0.717, 1.165) is 5.56 Å². The molecule has 1 aromatic carbocycles. The highest BCUT2D eigenvalue weighted by molar-refractivity contribution is 6.18. The van der Waals surface area contributed by atoms with Crippen LogP contribution >= 0.6 is 0 Å². The van der Waals surface area contributed by atoms with Crippen molar-refractivity contribution in [2.75, 3.05) is 6.61 Å². The molecule has 2 saturated heterocycles. The molecule has 27 heavy (non-hydrogen) atoms. The molecule has 0 aliphatic carbocycles. The van der Waals surface area contributed by atoms with Crippen LogP contribution in [0.5, 0.6) is 0 Å². The number of ether oxygens (including phenoxy) is 3. The Morgan fingerprint density at radius 1 is 1.26 bits per heavy atom. The lowest BCUT2D eigenvalue weighted by Gasteiger charge is -2.38. The van der Waals surface area contributed by atoms with E-state index in [-0.39, 0.29) is 19.6 Å². The van der Waals surface area contributed by atoms with Gasteiger partial charge in [-0.3, -0.25) is 9.59 Å². The monoisotopic (exact) mass is 372 g/mol. The van der Waals surface area contributed by atoms with Crippen LogP contribution in [-0.2, 0) is 35.2 Å². The molecular weight excluding hydrogens is 348 g/mol. The fourth-order valence-electron chi connectivity index (χ4n) is 3.92. The number of hydrogen-bond acceptors (Lipinski definition) is 6. The van der Waals surface area contributed by atoms with Crippen molar-refractivity contribution in [3.8, 4) is 0 Å². The summed E-state index contributed by atoms with van der Waals surface area (Å²) in [6.45, 7) is 5.41. The lowest BCUT2D eigenvalue weighted by Crippen LogP contribution is -2.58. The molecule has 2 fully saturated rings. The number of esters is 2. The zero-order chi connectivity index (χ0) is 19.7. The molecule has 3 atom stereocenters. The smallest absolute Gasteiger partial charge is 0.350 e. The summed E-state index contributed by atoms with van der Waals surface area (Å²) in [4.78, 5) is 38.6. The van der Waals surface area contributed by atoms with Gasteiger partial charge in [-0.1, -0.05) is 36.4 Å². The third kappa shape index (κ3) is 3.30. The lowest BCUT2D eigenvalue weighted by atomic mass is 9.81. The second-order valence-corrected chi connectivity index (χ2v) is 7.16. The fraction of sp³-hybridized carbons (Fsp3) is 0.476. The molecule has 144 valence electrons. The van der Waals surface area contributed by atoms with Crippen LogP contribution in [0, 0.1) is 5.92 Å². The number of allylic oxidation sites excluding steroid dienone is 1. The Balaban J connectivity index is 1.86. The van der Waals surface area contributed by atoms with Crippen LogP contribution in [0.3, 0.4) is 0 Å². The maximum atomic E-state index is 13.2. The number of benzene rings is 1. The minimum Gasteiger partial charge on any atom is -0.463 e. The summed E-state index contributed by atoms with van der Waals surface area (Å²) in [7, 11) is 0. The van der Waals surface area contributed by atoms with Crippen molar-refractivity contribution in [3.63, 3.8) is 0 Å². The van der Waals surface area contributed by atoms with Crippen molar-refractivity contribution < 1.29 is 28.6 Å². The molecule has 0 spiro atoms. The van der Waals surface area contributed by atoms with Gasteiger partial charge in [-0.2, -0.15) is 0 Å². The molecule has 0 amide bonds. The highest BCUT2D eigenvalue weighted by Gasteiger charge is 2.67. The summed E-state index contributed by atoms with van der Waals surface area (Å²) >= 11 is 0. The van der Waals surface area contributed by atoms with Crippen LogP contribution < -0.4 is 0 Å². The summed E-state index contributed by atoms with van der Waals surface area (Å²) in [5, 5.41) is 0. The number of fused-ring (bicyclic) bond motifs is 2. The van der Waals surface area contributed by atoms with Crippen molar-refractivity contribution in [2.45, 2.75) is 51.4 Å². The molecule has 0 N–H and O–H groups in total. The first kappa shape index (κ1) is 19.3. The standard InChI is InChI=1S/C21H24O6/c1-4-15-11-20(3)12-16(17(22)21(15,27-20)19(24)25-5-2)18(23)26-13-14-9-7-6-8-10-14/h4,6-10,16H,5,11-13H2,1-3H3/b15-4-/t16-,20+,21-/m0/s1.